The number of aromatic nitrogens is 2. The molecule has 2 rings (SSSR count). The van der Waals surface area contributed by atoms with Crippen molar-refractivity contribution in [1.82, 2.24) is 9.55 Å². The topological polar surface area (TPSA) is 87.3 Å². The van der Waals surface area contributed by atoms with Crippen LogP contribution in [0.15, 0.2) is 12.1 Å². The third-order valence-electron chi connectivity index (χ3n) is 4.21. The molecule has 0 spiro atoms. The number of carbonyl (C=O) groups excluding carboxylic acids is 1. The van der Waals surface area contributed by atoms with Crippen molar-refractivity contribution in [3.05, 3.63) is 33.6 Å². The van der Waals surface area contributed by atoms with Gasteiger partial charge in [0.25, 0.3) is 5.69 Å². The van der Waals surface area contributed by atoms with Crippen molar-refractivity contribution >= 4 is 34.4 Å². The fourth-order valence-electron chi connectivity index (χ4n) is 2.76. The van der Waals surface area contributed by atoms with Gasteiger partial charge in [0.1, 0.15) is 6.61 Å². The zero-order valence-corrected chi connectivity index (χ0v) is 16.6. The zero-order chi connectivity index (χ0) is 23.6. The second-order valence-electron chi connectivity index (χ2n) is 6.56. The Morgan fingerprint density at radius 2 is 1.87 bits per heavy atom. The van der Waals surface area contributed by atoms with Gasteiger partial charge in [0, 0.05) is 6.07 Å². The summed E-state index contributed by atoms with van der Waals surface area (Å²) >= 11 is 5.96. The van der Waals surface area contributed by atoms with Crippen LogP contribution in [0.3, 0.4) is 0 Å². The molecule has 172 valence electrons. The van der Waals surface area contributed by atoms with E-state index in [1.165, 1.54) is 0 Å². The molecule has 1 heterocycles. The number of hydrogen-bond acceptors (Lipinski definition) is 5. The smallest absolute Gasteiger partial charge is 0.447 e. The second kappa shape index (κ2) is 9.28. The lowest BCUT2D eigenvalue weighted by molar-refractivity contribution is -0.383. The van der Waals surface area contributed by atoms with Crippen LogP contribution in [0.5, 0.6) is 0 Å². The highest BCUT2D eigenvalue weighted by atomic mass is 35.5. The minimum Gasteiger partial charge on any atom is -0.447 e. The van der Waals surface area contributed by atoms with Crippen molar-refractivity contribution in [2.24, 2.45) is 0 Å². The number of nitro groups is 1. The van der Waals surface area contributed by atoms with Gasteiger partial charge in [-0.3, -0.25) is 10.1 Å². The van der Waals surface area contributed by atoms with E-state index in [-0.39, 0.29) is 16.7 Å². The molecular weight excluding hydrogens is 460 g/mol. The molecule has 0 aliphatic rings. The molecule has 1 aromatic heterocycles. The summed E-state index contributed by atoms with van der Waals surface area (Å²) in [6.07, 6.45) is -9.38. The summed E-state index contributed by atoms with van der Waals surface area (Å²) in [5, 5.41) is 10.4. The number of ether oxygens (including phenoxy) is 1. The molecule has 0 bridgehead atoms. The van der Waals surface area contributed by atoms with Crippen LogP contribution < -0.4 is 0 Å². The first-order valence-corrected chi connectivity index (χ1v) is 9.37. The lowest BCUT2D eigenvalue weighted by Crippen LogP contribution is -2.24. The highest BCUT2D eigenvalue weighted by Gasteiger charge is 2.43. The SMILES string of the molecule is CCCCCC(Cl)COC(=O)n1c(C(F)(F)F)nc2c([N+](=O)[O-])cc(C(F)(F)F)cc21. The molecule has 0 saturated carbocycles. The summed E-state index contributed by atoms with van der Waals surface area (Å²) in [5.74, 6) is -1.95. The summed E-state index contributed by atoms with van der Waals surface area (Å²) in [6.45, 7) is 1.42. The highest BCUT2D eigenvalue weighted by Crippen LogP contribution is 2.39. The first-order valence-electron chi connectivity index (χ1n) is 8.93. The highest BCUT2D eigenvalue weighted by molar-refractivity contribution is 6.20. The van der Waals surface area contributed by atoms with E-state index < -0.39 is 63.5 Å². The molecule has 2 aromatic rings. The number of benzene rings is 1. The van der Waals surface area contributed by atoms with Crippen LogP contribution in [0.25, 0.3) is 11.0 Å². The Balaban J connectivity index is 2.56. The molecule has 14 heteroatoms. The van der Waals surface area contributed by atoms with E-state index in [0.29, 0.717) is 12.8 Å². The van der Waals surface area contributed by atoms with E-state index >= 15 is 0 Å². The molecule has 1 atom stereocenters. The maximum Gasteiger partial charge on any atom is 0.450 e. The Labute approximate surface area is 176 Å². The fraction of sp³-hybridized carbons (Fsp3) is 0.529. The molecule has 0 N–H and O–H groups in total. The van der Waals surface area contributed by atoms with Crippen LogP contribution in [0.2, 0.25) is 0 Å². The van der Waals surface area contributed by atoms with Crippen molar-refractivity contribution in [1.29, 1.82) is 0 Å². The Kier molecular flexibility index (Phi) is 7.40. The number of carbonyl (C=O) groups is 1. The molecule has 0 aliphatic carbocycles. The number of halogens is 7. The predicted octanol–water partition coefficient (Wildman–Crippen LogP) is 6.15. The van der Waals surface area contributed by atoms with Gasteiger partial charge in [-0.2, -0.15) is 26.3 Å². The minimum atomic E-state index is -5.31. The van der Waals surface area contributed by atoms with Crippen molar-refractivity contribution in [3.8, 4) is 0 Å². The fourth-order valence-corrected chi connectivity index (χ4v) is 2.98. The van der Waals surface area contributed by atoms with Crippen molar-refractivity contribution in [3.63, 3.8) is 0 Å². The summed E-state index contributed by atoms with van der Waals surface area (Å²) in [5.41, 5.74) is -5.05. The number of alkyl halides is 7. The van der Waals surface area contributed by atoms with E-state index in [9.17, 15) is 41.3 Å². The average Bonchev–Trinajstić information content (AvgIpc) is 3.04. The first-order chi connectivity index (χ1) is 14.3. The van der Waals surface area contributed by atoms with Gasteiger partial charge in [0.05, 0.1) is 21.4 Å². The van der Waals surface area contributed by atoms with Crippen molar-refractivity contribution in [2.45, 2.75) is 50.3 Å². The molecule has 31 heavy (non-hydrogen) atoms. The molecule has 0 fully saturated rings. The Morgan fingerprint density at radius 3 is 2.39 bits per heavy atom. The Bertz CT molecular complexity index is 973. The zero-order valence-electron chi connectivity index (χ0n) is 15.9. The molecular formula is C17H16ClF6N3O4. The van der Waals surface area contributed by atoms with Gasteiger partial charge < -0.3 is 4.74 Å². The number of nitro benzene ring substituents is 1. The van der Waals surface area contributed by atoms with E-state index in [1.807, 2.05) is 6.92 Å². The number of imidazole rings is 1. The molecule has 7 nitrogen and oxygen atoms in total. The summed E-state index contributed by atoms with van der Waals surface area (Å²) in [7, 11) is 0. The van der Waals surface area contributed by atoms with Crippen LogP contribution in [-0.4, -0.2) is 32.6 Å². The maximum absolute atomic E-state index is 13.4. The molecule has 0 radical (unpaired) electrons. The van der Waals surface area contributed by atoms with Crippen molar-refractivity contribution < 1.29 is 40.8 Å². The molecule has 1 aromatic carbocycles. The summed E-state index contributed by atoms with van der Waals surface area (Å²) < 4.78 is 84.1. The standard InChI is InChI=1S/C17H16ClF6N3O4/c1-2-3-4-5-10(18)8-31-15(28)26-11-6-9(16(19,20)21)7-12(27(29)30)13(11)25-14(26)17(22,23)24/h6-7,10H,2-5,8H2,1H3. The lowest BCUT2D eigenvalue weighted by Gasteiger charge is -2.13. The van der Waals surface area contributed by atoms with Gasteiger partial charge in [-0.25, -0.2) is 14.3 Å². The summed E-state index contributed by atoms with van der Waals surface area (Å²) in [4.78, 5) is 25.2. The third kappa shape index (κ3) is 5.77. The normalized spacial score (nSPS) is 13.4. The van der Waals surface area contributed by atoms with E-state index in [0.717, 1.165) is 12.8 Å². The van der Waals surface area contributed by atoms with Crippen LogP contribution >= 0.6 is 11.6 Å². The van der Waals surface area contributed by atoms with Gasteiger partial charge in [-0.05, 0) is 12.5 Å². The number of hydrogen-bond donors (Lipinski definition) is 0. The number of non-ortho nitro benzene ring substituents is 1. The number of fused-ring (bicyclic) bond motifs is 1. The largest absolute Gasteiger partial charge is 0.450 e. The average molecular weight is 476 g/mol. The molecule has 0 saturated heterocycles. The van der Waals surface area contributed by atoms with Gasteiger partial charge in [0.2, 0.25) is 5.82 Å². The van der Waals surface area contributed by atoms with Gasteiger partial charge in [0.15, 0.2) is 5.52 Å². The third-order valence-corrected chi connectivity index (χ3v) is 4.55. The Hall–Kier alpha value is -2.57. The number of rotatable bonds is 7. The minimum absolute atomic E-state index is 0.0493. The Morgan fingerprint density at radius 1 is 1.23 bits per heavy atom. The molecule has 1 unspecified atom stereocenters. The summed E-state index contributed by atoms with van der Waals surface area (Å²) in [6, 6.07) is 0.221. The van der Waals surface area contributed by atoms with Crippen LogP contribution in [-0.2, 0) is 17.1 Å². The first kappa shape index (κ1) is 24.7. The second-order valence-corrected chi connectivity index (χ2v) is 7.17. The lowest BCUT2D eigenvalue weighted by atomic mass is 10.1. The van der Waals surface area contributed by atoms with Crippen molar-refractivity contribution in [2.75, 3.05) is 6.61 Å². The van der Waals surface area contributed by atoms with E-state index in [2.05, 4.69) is 4.98 Å². The molecule has 0 amide bonds. The van der Waals surface area contributed by atoms with E-state index in [1.54, 1.807) is 0 Å². The van der Waals surface area contributed by atoms with Gasteiger partial charge in [-0.15, -0.1) is 11.6 Å². The predicted molar refractivity (Wildman–Crippen MR) is 96.9 cm³/mol. The monoisotopic (exact) mass is 475 g/mol. The molecule has 0 aliphatic heterocycles. The number of unbranched alkanes of at least 4 members (excludes halogenated alkanes) is 2. The van der Waals surface area contributed by atoms with Crippen LogP contribution in [0.1, 0.15) is 44.0 Å². The van der Waals surface area contributed by atoms with Crippen LogP contribution in [0.4, 0.5) is 36.8 Å². The van der Waals surface area contributed by atoms with Gasteiger partial charge in [-0.1, -0.05) is 26.2 Å². The van der Waals surface area contributed by atoms with E-state index in [4.69, 9.17) is 16.3 Å². The van der Waals surface area contributed by atoms with Crippen LogP contribution in [0, 0.1) is 10.1 Å². The maximum atomic E-state index is 13.4. The van der Waals surface area contributed by atoms with Gasteiger partial charge >= 0.3 is 18.4 Å². The quantitative estimate of drug-likeness (QED) is 0.157. The number of nitrogens with zero attached hydrogens (tertiary/aromatic N) is 3.